The molecule has 0 aromatic heterocycles. The van der Waals surface area contributed by atoms with Crippen LogP contribution in [-0.2, 0) is 26.5 Å². The minimum absolute atomic E-state index is 0.136. The molecule has 1 atom stereocenters. The number of carbonyl (C=O) groups is 2. The summed E-state index contributed by atoms with van der Waals surface area (Å²) in [4.78, 5) is 26.6. The number of benzene rings is 2. The molecular weight excluding hydrogens is 423 g/mol. The van der Waals surface area contributed by atoms with Crippen molar-refractivity contribution >= 4 is 27.6 Å². The zero-order valence-electron chi connectivity index (χ0n) is 15.6. The van der Waals surface area contributed by atoms with Crippen LogP contribution in [0.5, 0.6) is 0 Å². The number of nitrogens with zero attached hydrogens (tertiary/aromatic N) is 3. The summed E-state index contributed by atoms with van der Waals surface area (Å²) in [6.07, 6.45) is -4.21. The first kappa shape index (κ1) is 21.3. The third kappa shape index (κ3) is 3.19. The Hall–Kier alpha value is -3.39. The Balaban J connectivity index is 2.25. The van der Waals surface area contributed by atoms with E-state index >= 15 is 0 Å². The predicted molar refractivity (Wildman–Crippen MR) is 98.4 cm³/mol. The van der Waals surface area contributed by atoms with E-state index in [1.54, 1.807) is 0 Å². The number of hydrogen-bond acceptors (Lipinski definition) is 5. The molecule has 0 saturated carbocycles. The summed E-state index contributed by atoms with van der Waals surface area (Å²) in [5.41, 5.74) is -4.44. The van der Waals surface area contributed by atoms with Gasteiger partial charge in [0.2, 0.25) is 10.0 Å². The van der Waals surface area contributed by atoms with Crippen molar-refractivity contribution in [3.8, 4) is 6.07 Å². The number of hydrogen-bond donors (Lipinski definition) is 0. The smallest absolute Gasteiger partial charge is 0.271 e. The molecule has 0 spiro atoms. The standard InChI is InChI=1S/C19H13F3N3O4S/c1-18(13-6-4-3-5-7-13)16(26)24(17(27)25(18)30(2,28)29)14-9-8-12(11-23)15(10-14)19(20,21)22/h4-10H,1-2H3. The molecule has 1 heterocycles. The average molecular weight is 436 g/mol. The van der Waals surface area contributed by atoms with Crippen LogP contribution in [0.1, 0.15) is 23.6 Å². The first-order valence-corrected chi connectivity index (χ1v) is 10.1. The van der Waals surface area contributed by atoms with E-state index in [9.17, 15) is 31.2 Å². The minimum atomic E-state index is -4.93. The van der Waals surface area contributed by atoms with Gasteiger partial charge in [0.25, 0.3) is 5.91 Å². The minimum Gasteiger partial charge on any atom is -0.271 e. The first-order valence-electron chi connectivity index (χ1n) is 8.30. The van der Waals surface area contributed by atoms with Crippen molar-refractivity contribution in [3.05, 3.63) is 65.2 Å². The molecule has 0 aliphatic carbocycles. The van der Waals surface area contributed by atoms with Crippen LogP contribution >= 0.6 is 0 Å². The van der Waals surface area contributed by atoms with E-state index in [1.165, 1.54) is 37.3 Å². The van der Waals surface area contributed by atoms with Crippen LogP contribution in [0.2, 0.25) is 0 Å². The van der Waals surface area contributed by atoms with Gasteiger partial charge in [0.1, 0.15) is 0 Å². The topological polar surface area (TPSA) is 98.5 Å². The Morgan fingerprint density at radius 1 is 1.13 bits per heavy atom. The lowest BCUT2D eigenvalue weighted by Gasteiger charge is -2.29. The van der Waals surface area contributed by atoms with Crippen LogP contribution in [0.15, 0.2) is 42.5 Å². The Bertz CT molecular complexity index is 1190. The normalized spacial score (nSPS) is 19.9. The molecule has 2 aromatic carbocycles. The molecule has 1 saturated heterocycles. The van der Waals surface area contributed by atoms with E-state index in [0.717, 1.165) is 18.4 Å². The molecule has 30 heavy (non-hydrogen) atoms. The molecule has 0 bridgehead atoms. The Morgan fingerprint density at radius 3 is 2.23 bits per heavy atom. The van der Waals surface area contributed by atoms with Gasteiger partial charge in [-0.3, -0.25) is 4.79 Å². The number of anilines is 1. The van der Waals surface area contributed by atoms with Gasteiger partial charge in [-0.2, -0.15) is 18.4 Å². The van der Waals surface area contributed by atoms with Crippen molar-refractivity contribution in [2.45, 2.75) is 18.6 Å². The molecule has 1 aliphatic rings. The number of imide groups is 1. The summed E-state index contributed by atoms with van der Waals surface area (Å²) in [6.45, 7) is 1.19. The van der Waals surface area contributed by atoms with Crippen molar-refractivity contribution in [2.75, 3.05) is 11.2 Å². The number of carbonyl (C=O) groups excluding carboxylic acids is 2. The summed E-state index contributed by atoms with van der Waals surface area (Å²) in [5, 5.41) is 8.93. The fourth-order valence-electron chi connectivity index (χ4n) is 3.33. The zero-order chi connectivity index (χ0) is 22.5. The summed E-state index contributed by atoms with van der Waals surface area (Å²) in [5.74, 6) is -1.05. The highest BCUT2D eigenvalue weighted by Crippen LogP contribution is 2.42. The SMILES string of the molecule is CC1(c2cc[c]cc2)C(=O)N(c2ccc(C#N)c(C(F)(F)F)c2)C(=O)N1S(C)(=O)=O. The maximum Gasteiger partial charge on any atom is 0.417 e. The highest BCUT2D eigenvalue weighted by molar-refractivity contribution is 7.89. The lowest BCUT2D eigenvalue weighted by molar-refractivity contribution is -0.137. The van der Waals surface area contributed by atoms with Gasteiger partial charge in [-0.15, -0.1) is 0 Å². The van der Waals surface area contributed by atoms with Crippen molar-refractivity contribution < 1.29 is 31.2 Å². The van der Waals surface area contributed by atoms with E-state index in [2.05, 4.69) is 6.07 Å². The van der Waals surface area contributed by atoms with Crippen LogP contribution in [0.3, 0.4) is 0 Å². The van der Waals surface area contributed by atoms with Crippen LogP contribution in [-0.4, -0.2) is 30.9 Å². The highest BCUT2D eigenvalue weighted by Gasteiger charge is 2.60. The van der Waals surface area contributed by atoms with Crippen molar-refractivity contribution in [2.24, 2.45) is 0 Å². The molecule has 11 heteroatoms. The zero-order valence-corrected chi connectivity index (χ0v) is 16.4. The van der Waals surface area contributed by atoms with E-state index in [0.29, 0.717) is 15.3 Å². The molecule has 3 rings (SSSR count). The Kier molecular flexibility index (Phi) is 4.86. The van der Waals surface area contributed by atoms with Gasteiger partial charge in [-0.05, 0) is 36.8 Å². The number of rotatable bonds is 3. The van der Waals surface area contributed by atoms with Gasteiger partial charge in [0.15, 0.2) is 5.54 Å². The summed E-state index contributed by atoms with van der Waals surface area (Å²) >= 11 is 0. The number of halogens is 3. The molecule has 3 amide bonds. The highest BCUT2D eigenvalue weighted by atomic mass is 32.2. The molecule has 155 valence electrons. The number of alkyl halides is 3. The number of urea groups is 1. The fourth-order valence-corrected chi connectivity index (χ4v) is 4.54. The van der Waals surface area contributed by atoms with Gasteiger partial charge in [0.05, 0.1) is 29.1 Å². The van der Waals surface area contributed by atoms with Crippen molar-refractivity contribution in [3.63, 3.8) is 0 Å². The van der Waals surface area contributed by atoms with Gasteiger partial charge in [-0.1, -0.05) is 24.3 Å². The van der Waals surface area contributed by atoms with Crippen LogP contribution in [0.4, 0.5) is 23.7 Å². The fraction of sp³-hybridized carbons (Fsp3) is 0.211. The summed E-state index contributed by atoms with van der Waals surface area (Å²) in [6, 6.07) is 10.6. The van der Waals surface area contributed by atoms with Crippen molar-refractivity contribution in [1.29, 1.82) is 5.26 Å². The van der Waals surface area contributed by atoms with Crippen LogP contribution in [0, 0.1) is 17.4 Å². The van der Waals surface area contributed by atoms with Crippen molar-refractivity contribution in [1.82, 2.24) is 4.31 Å². The molecule has 1 aliphatic heterocycles. The second kappa shape index (κ2) is 6.84. The number of sulfonamides is 1. The molecule has 1 fully saturated rings. The maximum absolute atomic E-state index is 13.3. The first-order chi connectivity index (χ1) is 13.8. The lowest BCUT2D eigenvalue weighted by atomic mass is 9.92. The molecule has 7 nitrogen and oxygen atoms in total. The Labute approximate surface area is 170 Å². The van der Waals surface area contributed by atoms with Crippen LogP contribution in [0.25, 0.3) is 0 Å². The molecular formula is C19H13F3N3O4S. The number of amides is 3. The largest absolute Gasteiger partial charge is 0.417 e. The monoisotopic (exact) mass is 436 g/mol. The second-order valence-electron chi connectivity index (χ2n) is 6.65. The summed E-state index contributed by atoms with van der Waals surface area (Å²) in [7, 11) is -4.30. The van der Waals surface area contributed by atoms with E-state index in [1.807, 2.05) is 0 Å². The summed E-state index contributed by atoms with van der Waals surface area (Å²) < 4.78 is 65.1. The molecule has 1 unspecified atom stereocenters. The van der Waals surface area contributed by atoms with Crippen LogP contribution < -0.4 is 4.90 Å². The predicted octanol–water partition coefficient (Wildman–Crippen LogP) is 3.02. The van der Waals surface area contributed by atoms with E-state index in [-0.39, 0.29) is 5.56 Å². The Morgan fingerprint density at radius 2 is 1.73 bits per heavy atom. The third-order valence-electron chi connectivity index (χ3n) is 4.69. The maximum atomic E-state index is 13.3. The molecule has 1 radical (unpaired) electrons. The third-order valence-corrected chi connectivity index (χ3v) is 5.87. The van der Waals surface area contributed by atoms with Gasteiger partial charge < -0.3 is 0 Å². The van der Waals surface area contributed by atoms with E-state index < -0.39 is 50.5 Å². The molecule has 2 aromatic rings. The number of nitriles is 1. The molecule has 0 N–H and O–H groups in total. The lowest BCUT2D eigenvalue weighted by Crippen LogP contribution is -2.47. The van der Waals surface area contributed by atoms with E-state index in [4.69, 9.17) is 5.26 Å². The quantitative estimate of drug-likeness (QED) is 0.689. The average Bonchev–Trinajstić information content (AvgIpc) is 2.87. The van der Waals surface area contributed by atoms with Gasteiger partial charge >= 0.3 is 12.2 Å². The van der Waals surface area contributed by atoms with Gasteiger partial charge in [0, 0.05) is 0 Å². The second-order valence-corrected chi connectivity index (χ2v) is 8.48. The van der Waals surface area contributed by atoms with Gasteiger partial charge in [-0.25, -0.2) is 22.4 Å².